The van der Waals surface area contributed by atoms with Crippen LogP contribution in [0.3, 0.4) is 0 Å². The SMILES string of the molecule is Cc1nc(N(C)C2CCCN(C)C2)ccc1CN. The molecule has 18 heavy (non-hydrogen) atoms. The van der Waals surface area contributed by atoms with Crippen LogP contribution in [0.1, 0.15) is 24.1 Å². The van der Waals surface area contributed by atoms with Gasteiger partial charge in [0, 0.05) is 31.9 Å². The number of aromatic nitrogens is 1. The van der Waals surface area contributed by atoms with E-state index < -0.39 is 0 Å². The number of hydrogen-bond acceptors (Lipinski definition) is 4. The van der Waals surface area contributed by atoms with Gasteiger partial charge in [-0.25, -0.2) is 4.98 Å². The zero-order valence-electron chi connectivity index (χ0n) is 11.7. The van der Waals surface area contributed by atoms with Gasteiger partial charge in [-0.1, -0.05) is 6.07 Å². The second-order valence-electron chi connectivity index (χ2n) is 5.29. The minimum atomic E-state index is 0.564. The van der Waals surface area contributed by atoms with Crippen LogP contribution in [0.25, 0.3) is 0 Å². The number of anilines is 1. The standard InChI is InChI=1S/C14H24N4/c1-11-12(9-15)6-7-14(16-11)18(3)13-5-4-8-17(2)10-13/h6-7,13H,4-5,8-10,15H2,1-3H3. The Balaban J connectivity index is 2.12. The molecule has 0 saturated carbocycles. The number of piperidine rings is 1. The van der Waals surface area contributed by atoms with Crippen molar-refractivity contribution >= 4 is 5.82 Å². The molecule has 4 heteroatoms. The van der Waals surface area contributed by atoms with Crippen molar-refractivity contribution in [3.8, 4) is 0 Å². The van der Waals surface area contributed by atoms with Gasteiger partial charge in [-0.2, -0.15) is 0 Å². The maximum atomic E-state index is 5.68. The summed E-state index contributed by atoms with van der Waals surface area (Å²) in [5, 5.41) is 0. The van der Waals surface area contributed by atoms with Gasteiger partial charge in [0.05, 0.1) is 0 Å². The van der Waals surface area contributed by atoms with Crippen LogP contribution in [0.2, 0.25) is 0 Å². The van der Waals surface area contributed by atoms with Gasteiger partial charge in [0.2, 0.25) is 0 Å². The molecule has 2 heterocycles. The summed E-state index contributed by atoms with van der Waals surface area (Å²) < 4.78 is 0. The average Bonchev–Trinajstić information content (AvgIpc) is 2.37. The number of likely N-dealkylation sites (N-methyl/N-ethyl adjacent to an activating group) is 2. The van der Waals surface area contributed by atoms with E-state index in [9.17, 15) is 0 Å². The summed E-state index contributed by atoms with van der Waals surface area (Å²) in [7, 11) is 4.34. The molecule has 4 nitrogen and oxygen atoms in total. The van der Waals surface area contributed by atoms with E-state index in [1.54, 1.807) is 0 Å². The predicted octanol–water partition coefficient (Wildman–Crippen LogP) is 1.38. The number of nitrogens with zero attached hydrogens (tertiary/aromatic N) is 3. The minimum absolute atomic E-state index is 0.564. The molecule has 2 N–H and O–H groups in total. The lowest BCUT2D eigenvalue weighted by Gasteiger charge is -2.36. The van der Waals surface area contributed by atoms with Crippen molar-refractivity contribution in [1.29, 1.82) is 0 Å². The Morgan fingerprint density at radius 3 is 2.89 bits per heavy atom. The first-order valence-electron chi connectivity index (χ1n) is 6.69. The fourth-order valence-corrected chi connectivity index (χ4v) is 2.63. The fourth-order valence-electron chi connectivity index (χ4n) is 2.63. The highest BCUT2D eigenvalue weighted by Crippen LogP contribution is 2.20. The van der Waals surface area contributed by atoms with Crippen LogP contribution in [0.5, 0.6) is 0 Å². The Kier molecular flexibility index (Phi) is 4.19. The Hall–Kier alpha value is -1.13. The van der Waals surface area contributed by atoms with Crippen LogP contribution in [0.15, 0.2) is 12.1 Å². The molecular weight excluding hydrogens is 224 g/mol. The summed E-state index contributed by atoms with van der Waals surface area (Å²) in [6, 6.07) is 4.75. The van der Waals surface area contributed by atoms with Gasteiger partial charge in [0.25, 0.3) is 0 Å². The van der Waals surface area contributed by atoms with Crippen molar-refractivity contribution in [3.05, 3.63) is 23.4 Å². The number of hydrogen-bond donors (Lipinski definition) is 1. The first kappa shape index (κ1) is 13.3. The highest BCUT2D eigenvalue weighted by Gasteiger charge is 2.22. The van der Waals surface area contributed by atoms with E-state index in [2.05, 4.69) is 41.0 Å². The lowest BCUT2D eigenvalue weighted by atomic mass is 10.0. The normalized spacial score (nSPS) is 21.0. The van der Waals surface area contributed by atoms with Crippen molar-refractivity contribution in [1.82, 2.24) is 9.88 Å². The van der Waals surface area contributed by atoms with E-state index in [0.29, 0.717) is 12.6 Å². The van der Waals surface area contributed by atoms with Gasteiger partial charge >= 0.3 is 0 Å². The highest BCUT2D eigenvalue weighted by atomic mass is 15.2. The largest absolute Gasteiger partial charge is 0.355 e. The third-order valence-corrected chi connectivity index (χ3v) is 3.91. The smallest absolute Gasteiger partial charge is 0.128 e. The number of rotatable bonds is 3. The molecule has 1 aromatic heterocycles. The number of pyridine rings is 1. The van der Waals surface area contributed by atoms with Gasteiger partial charge in [-0.3, -0.25) is 0 Å². The molecule has 0 radical (unpaired) electrons. The molecule has 0 amide bonds. The topological polar surface area (TPSA) is 45.4 Å². The molecule has 1 fully saturated rings. The maximum Gasteiger partial charge on any atom is 0.128 e. The molecule has 1 unspecified atom stereocenters. The summed E-state index contributed by atoms with van der Waals surface area (Å²) in [6.45, 7) is 4.93. The molecule has 1 aliphatic rings. The van der Waals surface area contributed by atoms with E-state index in [0.717, 1.165) is 23.6 Å². The van der Waals surface area contributed by atoms with Gasteiger partial charge in [0.15, 0.2) is 0 Å². The van der Waals surface area contributed by atoms with Crippen molar-refractivity contribution < 1.29 is 0 Å². The predicted molar refractivity (Wildman–Crippen MR) is 75.8 cm³/mol. The van der Waals surface area contributed by atoms with Crippen LogP contribution in [0, 0.1) is 6.92 Å². The summed E-state index contributed by atoms with van der Waals surface area (Å²) in [6.07, 6.45) is 2.52. The number of aryl methyl sites for hydroxylation is 1. The lowest BCUT2D eigenvalue weighted by Crippen LogP contribution is -2.45. The first-order chi connectivity index (χ1) is 8.61. The Morgan fingerprint density at radius 1 is 1.50 bits per heavy atom. The molecule has 1 aliphatic heterocycles. The Bertz CT molecular complexity index is 405. The first-order valence-corrected chi connectivity index (χ1v) is 6.69. The van der Waals surface area contributed by atoms with Crippen LogP contribution in [-0.2, 0) is 6.54 Å². The zero-order chi connectivity index (χ0) is 13.1. The lowest BCUT2D eigenvalue weighted by molar-refractivity contribution is 0.247. The summed E-state index contributed by atoms with van der Waals surface area (Å²) in [5.74, 6) is 1.06. The van der Waals surface area contributed by atoms with E-state index in [1.165, 1.54) is 19.4 Å². The summed E-state index contributed by atoms with van der Waals surface area (Å²) in [4.78, 5) is 9.37. The third kappa shape index (κ3) is 2.82. The van der Waals surface area contributed by atoms with Gasteiger partial charge < -0.3 is 15.5 Å². The van der Waals surface area contributed by atoms with Crippen molar-refractivity contribution in [2.75, 3.05) is 32.1 Å². The van der Waals surface area contributed by atoms with Crippen molar-refractivity contribution in [2.24, 2.45) is 5.73 Å². The van der Waals surface area contributed by atoms with Gasteiger partial charge in [-0.15, -0.1) is 0 Å². The molecular formula is C14H24N4. The minimum Gasteiger partial charge on any atom is -0.355 e. The van der Waals surface area contributed by atoms with Crippen LogP contribution in [0.4, 0.5) is 5.82 Å². The molecule has 0 aliphatic carbocycles. The van der Waals surface area contributed by atoms with Crippen LogP contribution < -0.4 is 10.6 Å². The van der Waals surface area contributed by atoms with E-state index in [4.69, 9.17) is 5.73 Å². The van der Waals surface area contributed by atoms with E-state index in [1.807, 2.05) is 6.92 Å². The Labute approximate surface area is 110 Å². The molecule has 1 aromatic rings. The van der Waals surface area contributed by atoms with Crippen molar-refractivity contribution in [2.45, 2.75) is 32.4 Å². The zero-order valence-corrected chi connectivity index (χ0v) is 11.7. The van der Waals surface area contributed by atoms with E-state index in [-0.39, 0.29) is 0 Å². The molecule has 2 rings (SSSR count). The molecule has 0 bridgehead atoms. The van der Waals surface area contributed by atoms with Crippen molar-refractivity contribution in [3.63, 3.8) is 0 Å². The summed E-state index contributed by atoms with van der Waals surface area (Å²) in [5.41, 5.74) is 7.86. The number of likely N-dealkylation sites (tertiary alicyclic amines) is 1. The summed E-state index contributed by atoms with van der Waals surface area (Å²) >= 11 is 0. The van der Waals surface area contributed by atoms with Gasteiger partial charge in [-0.05, 0) is 45.0 Å². The Morgan fingerprint density at radius 2 is 2.28 bits per heavy atom. The quantitative estimate of drug-likeness (QED) is 0.878. The highest BCUT2D eigenvalue weighted by molar-refractivity contribution is 5.42. The molecule has 1 atom stereocenters. The number of nitrogens with two attached hydrogens (primary N) is 1. The fraction of sp³-hybridized carbons (Fsp3) is 0.643. The monoisotopic (exact) mass is 248 g/mol. The maximum absolute atomic E-state index is 5.68. The third-order valence-electron chi connectivity index (χ3n) is 3.91. The average molecular weight is 248 g/mol. The van der Waals surface area contributed by atoms with Gasteiger partial charge in [0.1, 0.15) is 5.82 Å². The van der Waals surface area contributed by atoms with Crippen LogP contribution >= 0.6 is 0 Å². The molecule has 100 valence electrons. The second kappa shape index (κ2) is 5.67. The molecule has 0 aromatic carbocycles. The second-order valence-corrected chi connectivity index (χ2v) is 5.29. The molecule has 1 saturated heterocycles. The molecule has 0 spiro atoms. The van der Waals surface area contributed by atoms with E-state index >= 15 is 0 Å². The van der Waals surface area contributed by atoms with Crippen LogP contribution in [-0.4, -0.2) is 43.1 Å².